The second-order valence-corrected chi connectivity index (χ2v) is 15.8. The van der Waals surface area contributed by atoms with Crippen molar-refractivity contribution in [1.82, 2.24) is 19.9 Å². The Morgan fingerprint density at radius 3 is 1.38 bits per heavy atom. The van der Waals surface area contributed by atoms with E-state index in [1.807, 2.05) is 48.5 Å². The van der Waals surface area contributed by atoms with Gasteiger partial charge in [0.2, 0.25) is 0 Å². The number of nitrogens with zero attached hydrogens (tertiary/aromatic N) is 4. The molecule has 12 aromatic rings. The number of rotatable bonds is 7. The molecule has 0 aliphatic carbocycles. The van der Waals surface area contributed by atoms with E-state index in [0.717, 1.165) is 99.4 Å². The van der Waals surface area contributed by atoms with Gasteiger partial charge in [0.05, 0.1) is 11.2 Å². The van der Waals surface area contributed by atoms with Gasteiger partial charge in [0.25, 0.3) is 0 Å². The van der Waals surface area contributed by atoms with Gasteiger partial charge in [0.1, 0.15) is 11.2 Å². The quantitative estimate of drug-likeness (QED) is 0.150. The second-order valence-electron chi connectivity index (χ2n) is 15.8. The van der Waals surface area contributed by atoms with Gasteiger partial charge in [-0.2, -0.15) is 0 Å². The molecule has 0 aliphatic rings. The summed E-state index contributed by atoms with van der Waals surface area (Å²) in [6, 6.07) is 75.7. The van der Waals surface area contributed by atoms with Crippen molar-refractivity contribution in [3.8, 4) is 78.8 Å². The summed E-state index contributed by atoms with van der Waals surface area (Å²) in [6.07, 6.45) is 0. The van der Waals surface area contributed by atoms with Gasteiger partial charge in [0, 0.05) is 54.7 Å². The Kier molecular flexibility index (Phi) is 8.75. The fourth-order valence-corrected chi connectivity index (χ4v) is 8.88. The van der Waals surface area contributed by atoms with Gasteiger partial charge in [-0.1, -0.05) is 194 Å². The molecule has 0 unspecified atom stereocenters. The van der Waals surface area contributed by atoms with Crippen molar-refractivity contribution in [3.63, 3.8) is 0 Å². The monoisotopic (exact) mass is 804 g/mol. The third-order valence-corrected chi connectivity index (χ3v) is 11.9. The molecule has 63 heavy (non-hydrogen) atoms. The molecule has 0 saturated carbocycles. The fraction of sp³-hybridized carbons (Fsp3) is 0. The summed E-state index contributed by atoms with van der Waals surface area (Å²) < 4.78 is 6.65. The van der Waals surface area contributed by atoms with Gasteiger partial charge in [-0.25, -0.2) is 19.9 Å². The van der Waals surface area contributed by atoms with E-state index < -0.39 is 0 Å². The third-order valence-electron chi connectivity index (χ3n) is 11.9. The molecule has 3 aromatic heterocycles. The van der Waals surface area contributed by atoms with Crippen LogP contribution in [0.25, 0.3) is 122 Å². The van der Waals surface area contributed by atoms with Crippen LogP contribution >= 0.6 is 0 Å². The number of hydrogen-bond donors (Lipinski definition) is 0. The van der Waals surface area contributed by atoms with Crippen LogP contribution in [0, 0.1) is 0 Å². The molecule has 0 aliphatic heterocycles. The molecule has 294 valence electrons. The molecule has 5 nitrogen and oxygen atoms in total. The van der Waals surface area contributed by atoms with E-state index >= 15 is 0 Å². The molecule has 5 heteroatoms. The van der Waals surface area contributed by atoms with Crippen molar-refractivity contribution >= 4 is 43.6 Å². The summed E-state index contributed by atoms with van der Waals surface area (Å²) in [7, 11) is 0. The molecule has 0 radical (unpaired) electrons. The Bertz CT molecular complexity index is 3640. The van der Waals surface area contributed by atoms with Gasteiger partial charge < -0.3 is 4.42 Å². The highest BCUT2D eigenvalue weighted by Crippen LogP contribution is 2.47. The van der Waals surface area contributed by atoms with E-state index in [1.165, 1.54) is 5.56 Å². The van der Waals surface area contributed by atoms with Crippen LogP contribution < -0.4 is 0 Å². The lowest BCUT2D eigenvalue weighted by atomic mass is 9.88. The third kappa shape index (κ3) is 6.51. The maximum atomic E-state index is 6.65. The van der Waals surface area contributed by atoms with Crippen LogP contribution in [0.5, 0.6) is 0 Å². The Morgan fingerprint density at radius 1 is 0.270 bits per heavy atom. The number of fused-ring (bicyclic) bond motifs is 6. The second kappa shape index (κ2) is 15.2. The number of hydrogen-bond acceptors (Lipinski definition) is 5. The van der Waals surface area contributed by atoms with Crippen LogP contribution in [-0.2, 0) is 0 Å². The summed E-state index contributed by atoms with van der Waals surface area (Å²) in [5.74, 6) is 1.87. The normalized spacial score (nSPS) is 11.5. The van der Waals surface area contributed by atoms with E-state index in [-0.39, 0.29) is 0 Å². The average molecular weight is 805 g/mol. The largest absolute Gasteiger partial charge is 0.456 e. The first-order valence-corrected chi connectivity index (χ1v) is 21.1. The van der Waals surface area contributed by atoms with Crippen molar-refractivity contribution < 1.29 is 4.42 Å². The maximum absolute atomic E-state index is 6.65. The lowest BCUT2D eigenvalue weighted by Gasteiger charge is -2.16. The van der Waals surface area contributed by atoms with Crippen molar-refractivity contribution in [2.24, 2.45) is 0 Å². The lowest BCUT2D eigenvalue weighted by molar-refractivity contribution is 0.669. The average Bonchev–Trinajstić information content (AvgIpc) is 3.74. The highest BCUT2D eigenvalue weighted by Gasteiger charge is 2.22. The maximum Gasteiger partial charge on any atom is 0.164 e. The minimum atomic E-state index is 0.617. The molecule has 9 aromatic carbocycles. The van der Waals surface area contributed by atoms with Crippen molar-refractivity contribution in [3.05, 3.63) is 218 Å². The highest BCUT2D eigenvalue weighted by molar-refractivity contribution is 6.27. The topological polar surface area (TPSA) is 64.7 Å². The van der Waals surface area contributed by atoms with Crippen LogP contribution in [0.2, 0.25) is 0 Å². The summed E-state index contributed by atoms with van der Waals surface area (Å²) in [5, 5.41) is 5.48. The van der Waals surface area contributed by atoms with Crippen LogP contribution in [-0.4, -0.2) is 19.9 Å². The van der Waals surface area contributed by atoms with Gasteiger partial charge in [-0.05, 0) is 52.1 Å². The summed E-state index contributed by atoms with van der Waals surface area (Å²) in [4.78, 5) is 20.3. The number of furan rings is 1. The van der Waals surface area contributed by atoms with E-state index in [9.17, 15) is 0 Å². The predicted molar refractivity (Wildman–Crippen MR) is 258 cm³/mol. The Labute approximate surface area is 363 Å². The summed E-state index contributed by atoms with van der Waals surface area (Å²) >= 11 is 0. The molecule has 3 heterocycles. The van der Waals surface area contributed by atoms with Crippen molar-refractivity contribution in [2.45, 2.75) is 0 Å². The minimum Gasteiger partial charge on any atom is -0.456 e. The highest BCUT2D eigenvalue weighted by atomic mass is 16.3. The van der Waals surface area contributed by atoms with Crippen LogP contribution in [0.15, 0.2) is 223 Å². The Hall–Kier alpha value is -8.54. The number of aromatic nitrogens is 4. The number of pyridine rings is 1. The molecule has 12 rings (SSSR count). The first-order valence-electron chi connectivity index (χ1n) is 21.1. The van der Waals surface area contributed by atoms with E-state index in [0.29, 0.717) is 17.5 Å². The molecular weight excluding hydrogens is 769 g/mol. The zero-order valence-electron chi connectivity index (χ0n) is 34.0. The fourth-order valence-electron chi connectivity index (χ4n) is 8.88. The predicted octanol–water partition coefficient (Wildman–Crippen LogP) is 15.1. The SMILES string of the molecule is c1ccc(-c2ccc(-c3nc(-c4ccccc4)nc(-c4ccc(-c5cccc(-c6c7c(cc8c(-c9ccccc9)nc9ccccc9c68)oc6ccccc67)c5)cc4)n3)cc2)cc1. The number of benzene rings is 9. The van der Waals surface area contributed by atoms with E-state index in [4.69, 9.17) is 24.4 Å². The Morgan fingerprint density at radius 2 is 0.730 bits per heavy atom. The van der Waals surface area contributed by atoms with Gasteiger partial charge in [0.15, 0.2) is 17.5 Å². The minimum absolute atomic E-state index is 0.617. The number of para-hydroxylation sites is 2. The van der Waals surface area contributed by atoms with Crippen LogP contribution in [0.3, 0.4) is 0 Å². The van der Waals surface area contributed by atoms with Gasteiger partial charge in [-0.3, -0.25) is 0 Å². The lowest BCUT2D eigenvalue weighted by Crippen LogP contribution is -2.00. The van der Waals surface area contributed by atoms with E-state index in [2.05, 4.69) is 170 Å². The van der Waals surface area contributed by atoms with Crippen molar-refractivity contribution in [1.29, 1.82) is 0 Å². The Balaban J connectivity index is 0.989. The molecule has 0 saturated heterocycles. The molecular formula is C58H36N4O. The van der Waals surface area contributed by atoms with Crippen LogP contribution in [0.1, 0.15) is 0 Å². The van der Waals surface area contributed by atoms with Gasteiger partial charge in [-0.15, -0.1) is 0 Å². The first-order chi connectivity index (χ1) is 31.2. The van der Waals surface area contributed by atoms with Crippen molar-refractivity contribution in [2.75, 3.05) is 0 Å². The molecule has 0 atom stereocenters. The molecule has 0 bridgehead atoms. The summed E-state index contributed by atoms with van der Waals surface area (Å²) in [5.41, 5.74) is 14.1. The smallest absolute Gasteiger partial charge is 0.164 e. The molecule has 0 amide bonds. The summed E-state index contributed by atoms with van der Waals surface area (Å²) in [6.45, 7) is 0. The molecule has 0 fully saturated rings. The molecule has 0 N–H and O–H groups in total. The van der Waals surface area contributed by atoms with E-state index in [1.54, 1.807) is 0 Å². The molecule has 0 spiro atoms. The first kappa shape index (κ1) is 36.3. The zero-order valence-corrected chi connectivity index (χ0v) is 34.0. The zero-order chi connectivity index (χ0) is 41.7. The van der Waals surface area contributed by atoms with Gasteiger partial charge >= 0.3 is 0 Å². The van der Waals surface area contributed by atoms with Crippen LogP contribution in [0.4, 0.5) is 0 Å². The standard InChI is InChI=1S/C58H36N4O/c1-4-15-37(16-5-1)38-27-31-42(32-28-38)57-60-56(41-19-8-3-9-20-41)61-58(62-57)43-33-29-39(30-34-43)44-21-14-22-45(35-44)52-53-46-23-10-12-25-49(46)59-55(40-17-6-2-7-18-40)48(53)36-51-54(52)47-24-11-13-26-50(47)63-51/h1-36H.